The molecular weight excluding hydrogens is 340 g/mol. The van der Waals surface area contributed by atoms with Crippen LogP contribution in [0.4, 0.5) is 11.4 Å². The number of nitrogen functional groups attached to an aromatic ring is 1. The zero-order valence-corrected chi connectivity index (χ0v) is 15.4. The molecule has 2 aromatic heterocycles. The predicted molar refractivity (Wildman–Crippen MR) is 112 cm³/mol. The maximum Gasteiger partial charge on any atom is 0.200 e. The Morgan fingerprint density at radius 1 is 1.26 bits per heavy atom. The first-order chi connectivity index (χ1) is 13.0. The number of hydrogen-bond donors (Lipinski definition) is 3. The minimum Gasteiger partial charge on any atom is -0.398 e. The summed E-state index contributed by atoms with van der Waals surface area (Å²) >= 11 is 0. The van der Waals surface area contributed by atoms with Crippen LogP contribution in [-0.4, -0.2) is 47.7 Å². The lowest BCUT2D eigenvalue weighted by atomic mass is 10.0. The zero-order valence-electron chi connectivity index (χ0n) is 15.4. The van der Waals surface area contributed by atoms with Crippen molar-refractivity contribution in [2.45, 2.75) is 6.42 Å². The minimum atomic E-state index is -0.121. The minimum absolute atomic E-state index is 0.121. The number of aromatic nitrogens is 2. The third kappa shape index (κ3) is 2.67. The van der Waals surface area contributed by atoms with Gasteiger partial charge in [0.2, 0.25) is 0 Å². The van der Waals surface area contributed by atoms with Crippen LogP contribution in [0.15, 0.2) is 35.4 Å². The molecule has 0 saturated carbocycles. The molecular formula is C20H22N6O. The maximum absolute atomic E-state index is 13.4. The van der Waals surface area contributed by atoms with Crippen molar-refractivity contribution >= 4 is 44.9 Å². The Bertz CT molecular complexity index is 1210. The molecule has 2 aromatic carbocycles. The summed E-state index contributed by atoms with van der Waals surface area (Å²) in [6, 6.07) is 7.38. The lowest BCUT2D eigenvalue weighted by Gasteiger charge is -2.14. The summed E-state index contributed by atoms with van der Waals surface area (Å²) in [4.78, 5) is 20.0. The summed E-state index contributed by atoms with van der Waals surface area (Å²) in [5.41, 5.74) is 9.86. The van der Waals surface area contributed by atoms with Crippen molar-refractivity contribution in [3.8, 4) is 0 Å². The van der Waals surface area contributed by atoms with E-state index in [9.17, 15) is 4.79 Å². The van der Waals surface area contributed by atoms with E-state index in [4.69, 9.17) is 11.1 Å². The van der Waals surface area contributed by atoms with E-state index in [2.05, 4.69) is 15.2 Å². The fraction of sp³-hybridized carbons (Fsp3) is 0.250. The maximum atomic E-state index is 13.4. The van der Waals surface area contributed by atoms with E-state index >= 15 is 0 Å². The average molecular weight is 362 g/mol. The van der Waals surface area contributed by atoms with Gasteiger partial charge in [0.05, 0.1) is 27.3 Å². The van der Waals surface area contributed by atoms with Crippen molar-refractivity contribution in [2.75, 3.05) is 38.2 Å². The van der Waals surface area contributed by atoms with Gasteiger partial charge in [-0.1, -0.05) is 0 Å². The van der Waals surface area contributed by atoms with Crippen LogP contribution in [0.1, 0.15) is 12.0 Å². The van der Waals surface area contributed by atoms with Crippen molar-refractivity contribution in [2.24, 2.45) is 0 Å². The van der Waals surface area contributed by atoms with Gasteiger partial charge in [-0.2, -0.15) is 0 Å². The molecule has 7 nitrogen and oxygen atoms in total. The molecule has 0 fully saturated rings. The molecule has 0 aliphatic heterocycles. The van der Waals surface area contributed by atoms with E-state index in [-0.39, 0.29) is 5.43 Å². The second kappa shape index (κ2) is 6.51. The van der Waals surface area contributed by atoms with E-state index in [1.165, 1.54) is 0 Å². The topological polar surface area (TPSA) is 99.5 Å². The monoisotopic (exact) mass is 362 g/mol. The molecule has 0 unspecified atom stereocenters. The van der Waals surface area contributed by atoms with Gasteiger partial charge in [0, 0.05) is 29.7 Å². The highest BCUT2D eigenvalue weighted by molar-refractivity contribution is 6.11. The Hall–Kier alpha value is -3.19. The molecule has 7 heteroatoms. The van der Waals surface area contributed by atoms with Crippen LogP contribution in [0.2, 0.25) is 0 Å². The average Bonchev–Trinajstić information content (AvgIpc) is 3.07. The quantitative estimate of drug-likeness (QED) is 0.212. The molecule has 2 heterocycles. The molecule has 0 aliphatic carbocycles. The van der Waals surface area contributed by atoms with Crippen molar-refractivity contribution in [1.82, 2.24) is 14.3 Å². The van der Waals surface area contributed by atoms with Gasteiger partial charge in [-0.05, 0) is 51.3 Å². The number of nitrogens with two attached hydrogens (primary N) is 1. The van der Waals surface area contributed by atoms with Crippen LogP contribution in [0, 0.1) is 5.41 Å². The van der Waals surface area contributed by atoms with Crippen molar-refractivity contribution < 1.29 is 0 Å². The lowest BCUT2D eigenvalue weighted by molar-refractivity contribution is 0.405. The van der Waals surface area contributed by atoms with E-state index in [0.29, 0.717) is 27.5 Å². The van der Waals surface area contributed by atoms with Crippen LogP contribution >= 0.6 is 0 Å². The van der Waals surface area contributed by atoms with E-state index in [0.717, 1.165) is 42.4 Å². The molecule has 0 radical (unpaired) electrons. The van der Waals surface area contributed by atoms with Gasteiger partial charge in [0.15, 0.2) is 5.43 Å². The number of rotatable bonds is 6. The third-order valence-electron chi connectivity index (χ3n) is 4.92. The first kappa shape index (κ1) is 17.2. The molecule has 27 heavy (non-hydrogen) atoms. The van der Waals surface area contributed by atoms with Gasteiger partial charge in [0.1, 0.15) is 6.33 Å². The van der Waals surface area contributed by atoms with Crippen molar-refractivity contribution in [3.05, 3.63) is 46.4 Å². The number of nitrogens with zero attached hydrogens (tertiary/aromatic N) is 3. The normalized spacial score (nSPS) is 11.8. The number of imidazole rings is 1. The molecule has 0 atom stereocenters. The molecule has 0 saturated heterocycles. The van der Waals surface area contributed by atoms with Crippen LogP contribution in [0.25, 0.3) is 27.3 Å². The first-order valence-corrected chi connectivity index (χ1v) is 8.89. The Morgan fingerprint density at radius 3 is 2.81 bits per heavy atom. The van der Waals surface area contributed by atoms with Crippen LogP contribution < -0.4 is 16.5 Å². The second-order valence-electron chi connectivity index (χ2n) is 6.99. The number of nitrogens with one attached hydrogen (secondary N) is 2. The molecule has 138 valence electrons. The fourth-order valence-corrected chi connectivity index (χ4v) is 3.63. The number of fused-ring (bicyclic) bond motifs is 2. The molecule has 0 bridgehead atoms. The summed E-state index contributed by atoms with van der Waals surface area (Å²) in [6.07, 6.45) is 3.84. The second-order valence-corrected chi connectivity index (χ2v) is 6.99. The van der Waals surface area contributed by atoms with E-state index in [1.807, 2.05) is 36.7 Å². The summed E-state index contributed by atoms with van der Waals surface area (Å²) in [7, 11) is 4.08. The SMILES string of the molecule is CN(C)CCCNc1ccc2ncn3c4ccc(N)c(C=N)c4c(=O)c1c23. The van der Waals surface area contributed by atoms with Crippen LogP contribution in [0.3, 0.4) is 0 Å². The third-order valence-corrected chi connectivity index (χ3v) is 4.92. The molecule has 4 N–H and O–H groups in total. The number of hydrogen-bond acceptors (Lipinski definition) is 6. The molecule has 0 aliphatic rings. The van der Waals surface area contributed by atoms with Gasteiger partial charge in [-0.15, -0.1) is 0 Å². The molecule has 4 rings (SSSR count). The highest BCUT2D eigenvalue weighted by Crippen LogP contribution is 2.30. The Balaban J connectivity index is 1.98. The number of pyridine rings is 1. The molecule has 0 spiro atoms. The van der Waals surface area contributed by atoms with Gasteiger partial charge in [-0.3, -0.25) is 9.20 Å². The van der Waals surface area contributed by atoms with Gasteiger partial charge in [-0.25, -0.2) is 4.98 Å². The van der Waals surface area contributed by atoms with Crippen molar-refractivity contribution in [3.63, 3.8) is 0 Å². The van der Waals surface area contributed by atoms with Crippen LogP contribution in [-0.2, 0) is 0 Å². The van der Waals surface area contributed by atoms with E-state index in [1.54, 1.807) is 12.4 Å². The van der Waals surface area contributed by atoms with Gasteiger partial charge < -0.3 is 21.4 Å². The smallest absolute Gasteiger partial charge is 0.200 e. The lowest BCUT2D eigenvalue weighted by Crippen LogP contribution is -2.17. The zero-order chi connectivity index (χ0) is 19.1. The highest BCUT2D eigenvalue weighted by Gasteiger charge is 2.18. The Labute approximate surface area is 156 Å². The molecule has 0 amide bonds. The molecule has 4 aromatic rings. The summed E-state index contributed by atoms with van der Waals surface area (Å²) < 4.78 is 1.92. The standard InChI is InChI=1S/C20H22N6O/c1-25(2)9-3-8-23-14-5-6-15-19-18(14)20(27)17-12(10-21)13(22)4-7-16(17)26(19)11-24-15/h4-7,10-11,21,23H,3,8-9,22H2,1-2H3. The van der Waals surface area contributed by atoms with Crippen LogP contribution in [0.5, 0.6) is 0 Å². The van der Waals surface area contributed by atoms with Gasteiger partial charge in [0.25, 0.3) is 0 Å². The largest absolute Gasteiger partial charge is 0.398 e. The van der Waals surface area contributed by atoms with Crippen molar-refractivity contribution in [1.29, 1.82) is 5.41 Å². The summed E-state index contributed by atoms with van der Waals surface area (Å²) in [5, 5.41) is 12.2. The number of anilines is 2. The van der Waals surface area contributed by atoms with E-state index < -0.39 is 0 Å². The Morgan fingerprint density at radius 2 is 2.07 bits per heavy atom. The first-order valence-electron chi connectivity index (χ1n) is 8.89. The summed E-state index contributed by atoms with van der Waals surface area (Å²) in [5.74, 6) is 0. The Kier molecular flexibility index (Phi) is 4.16. The fourth-order valence-electron chi connectivity index (χ4n) is 3.63. The number of benzene rings is 2. The summed E-state index contributed by atoms with van der Waals surface area (Å²) in [6.45, 7) is 1.73. The predicted octanol–water partition coefficient (Wildman–Crippen LogP) is 2.38. The van der Waals surface area contributed by atoms with Gasteiger partial charge >= 0.3 is 0 Å². The highest BCUT2D eigenvalue weighted by atomic mass is 16.1.